The van der Waals surface area contributed by atoms with Crippen LogP contribution in [-0.4, -0.2) is 18.6 Å². The van der Waals surface area contributed by atoms with E-state index < -0.39 is 0 Å². The molecule has 0 atom stereocenters. The van der Waals surface area contributed by atoms with Crippen molar-refractivity contribution in [2.75, 3.05) is 14.1 Å². The zero-order chi connectivity index (χ0) is 15.9. The first-order chi connectivity index (χ1) is 11.2. The minimum atomic E-state index is 0. The van der Waals surface area contributed by atoms with Crippen LogP contribution in [-0.2, 0) is 6.54 Å². The van der Waals surface area contributed by atoms with Crippen LogP contribution in [0.25, 0.3) is 11.1 Å². The second kappa shape index (κ2) is 6.54. The molecule has 0 bridgehead atoms. The highest BCUT2D eigenvalue weighted by Crippen LogP contribution is 2.48. The van der Waals surface area contributed by atoms with Gasteiger partial charge in [0, 0.05) is 16.7 Å². The van der Waals surface area contributed by atoms with E-state index in [2.05, 4.69) is 93.0 Å². The SMILES string of the molecule is C[N+](C)(Cc1ccccc1)C1c2ccccc2-c2ccccc21.[Br-]. The van der Waals surface area contributed by atoms with E-state index in [4.69, 9.17) is 0 Å². The summed E-state index contributed by atoms with van der Waals surface area (Å²) in [6.45, 7) is 1.02. The lowest BCUT2D eigenvalue weighted by molar-refractivity contribution is -0.927. The van der Waals surface area contributed by atoms with Gasteiger partial charge >= 0.3 is 0 Å². The van der Waals surface area contributed by atoms with Gasteiger partial charge in [-0.05, 0) is 11.1 Å². The van der Waals surface area contributed by atoms with Gasteiger partial charge in [0.15, 0.2) is 0 Å². The summed E-state index contributed by atoms with van der Waals surface area (Å²) in [7, 11) is 4.69. The third kappa shape index (κ3) is 2.81. The van der Waals surface area contributed by atoms with Gasteiger partial charge in [-0.25, -0.2) is 0 Å². The second-order valence-electron chi connectivity index (χ2n) is 7.00. The van der Waals surface area contributed by atoms with Crippen molar-refractivity contribution in [2.24, 2.45) is 0 Å². The maximum Gasteiger partial charge on any atom is 0.141 e. The van der Waals surface area contributed by atoms with E-state index in [1.54, 1.807) is 0 Å². The molecule has 0 unspecified atom stereocenters. The van der Waals surface area contributed by atoms with Gasteiger partial charge in [-0.15, -0.1) is 0 Å². The molecule has 0 fully saturated rings. The number of halogens is 1. The molecular formula is C22H22BrN. The lowest BCUT2D eigenvalue weighted by Gasteiger charge is -2.37. The summed E-state index contributed by atoms with van der Waals surface area (Å²) in [6.07, 6.45) is 0. The Hall–Kier alpha value is -1.90. The molecule has 4 rings (SSSR count). The Balaban J connectivity index is 0.00000169. The molecule has 122 valence electrons. The molecule has 0 spiro atoms. The Bertz CT molecular complexity index is 794. The number of hydrogen-bond acceptors (Lipinski definition) is 0. The molecular weight excluding hydrogens is 358 g/mol. The van der Waals surface area contributed by atoms with Crippen molar-refractivity contribution in [1.82, 2.24) is 0 Å². The van der Waals surface area contributed by atoms with Crippen molar-refractivity contribution in [1.29, 1.82) is 0 Å². The van der Waals surface area contributed by atoms with Gasteiger partial charge in [-0.1, -0.05) is 78.9 Å². The highest BCUT2D eigenvalue weighted by molar-refractivity contribution is 5.77. The predicted molar refractivity (Wildman–Crippen MR) is 96.0 cm³/mol. The standard InChI is InChI=1S/C22H22N.BrH/c1-23(2,16-17-10-4-3-5-11-17)22-20-14-8-6-12-18(20)19-13-7-9-15-21(19)22;/h3-15,22H,16H2,1-2H3;1H/q+1;/p-1. The van der Waals surface area contributed by atoms with Crippen LogP contribution in [0.1, 0.15) is 22.7 Å². The van der Waals surface area contributed by atoms with E-state index in [0.29, 0.717) is 6.04 Å². The summed E-state index contributed by atoms with van der Waals surface area (Å²) in [5, 5.41) is 0. The number of nitrogens with zero attached hydrogens (tertiary/aromatic N) is 1. The molecule has 0 saturated carbocycles. The Morgan fingerprint density at radius 3 is 1.67 bits per heavy atom. The van der Waals surface area contributed by atoms with Crippen LogP contribution < -0.4 is 17.0 Å². The van der Waals surface area contributed by atoms with E-state index in [1.807, 2.05) is 0 Å². The fraction of sp³-hybridized carbons (Fsp3) is 0.182. The van der Waals surface area contributed by atoms with Crippen molar-refractivity contribution in [2.45, 2.75) is 12.6 Å². The smallest absolute Gasteiger partial charge is 0.141 e. The van der Waals surface area contributed by atoms with E-state index in [9.17, 15) is 0 Å². The van der Waals surface area contributed by atoms with Crippen LogP contribution in [0.5, 0.6) is 0 Å². The molecule has 1 aliphatic rings. The average Bonchev–Trinajstić information content (AvgIpc) is 2.91. The Morgan fingerprint density at radius 2 is 1.12 bits per heavy atom. The average molecular weight is 380 g/mol. The lowest BCUT2D eigenvalue weighted by atomic mass is 10.0. The fourth-order valence-electron chi connectivity index (χ4n) is 4.03. The highest BCUT2D eigenvalue weighted by Gasteiger charge is 2.39. The topological polar surface area (TPSA) is 0 Å². The molecule has 0 heterocycles. The van der Waals surface area contributed by atoms with Gasteiger partial charge in [0.25, 0.3) is 0 Å². The zero-order valence-electron chi connectivity index (χ0n) is 14.1. The first-order valence-corrected chi connectivity index (χ1v) is 8.22. The maximum absolute atomic E-state index is 2.34. The molecule has 3 aromatic carbocycles. The summed E-state index contributed by atoms with van der Waals surface area (Å²) >= 11 is 0. The van der Waals surface area contributed by atoms with Crippen molar-refractivity contribution in [3.05, 3.63) is 95.6 Å². The molecule has 1 aliphatic carbocycles. The molecule has 0 aliphatic heterocycles. The van der Waals surface area contributed by atoms with Gasteiger partial charge in [-0.3, -0.25) is 0 Å². The lowest BCUT2D eigenvalue weighted by Crippen LogP contribution is -3.00. The molecule has 1 nitrogen and oxygen atoms in total. The molecule has 0 aromatic heterocycles. The molecule has 3 aromatic rings. The molecule has 2 heteroatoms. The number of hydrogen-bond donors (Lipinski definition) is 0. The molecule has 0 radical (unpaired) electrons. The largest absolute Gasteiger partial charge is 1.00 e. The van der Waals surface area contributed by atoms with E-state index in [1.165, 1.54) is 27.8 Å². The van der Waals surface area contributed by atoms with Gasteiger partial charge < -0.3 is 21.5 Å². The van der Waals surface area contributed by atoms with Crippen molar-refractivity contribution in [3.63, 3.8) is 0 Å². The van der Waals surface area contributed by atoms with Crippen molar-refractivity contribution in [3.8, 4) is 11.1 Å². The number of quaternary nitrogens is 1. The normalized spacial score (nSPS) is 13.1. The van der Waals surface area contributed by atoms with Gasteiger partial charge in [-0.2, -0.15) is 0 Å². The van der Waals surface area contributed by atoms with Crippen LogP contribution in [0.2, 0.25) is 0 Å². The zero-order valence-corrected chi connectivity index (χ0v) is 15.7. The predicted octanol–water partition coefficient (Wildman–Crippen LogP) is 2.04. The second-order valence-corrected chi connectivity index (χ2v) is 7.00. The summed E-state index contributed by atoms with van der Waals surface area (Å²) in [5.41, 5.74) is 7.09. The minimum Gasteiger partial charge on any atom is -1.00 e. The molecule has 24 heavy (non-hydrogen) atoms. The summed E-state index contributed by atoms with van der Waals surface area (Å²) in [6, 6.07) is 28.9. The van der Waals surface area contributed by atoms with Crippen molar-refractivity contribution >= 4 is 0 Å². The van der Waals surface area contributed by atoms with Gasteiger partial charge in [0.05, 0.1) is 14.1 Å². The quantitative estimate of drug-likeness (QED) is 0.610. The van der Waals surface area contributed by atoms with E-state index in [-0.39, 0.29) is 17.0 Å². The Morgan fingerprint density at radius 1 is 0.667 bits per heavy atom. The van der Waals surface area contributed by atoms with Crippen molar-refractivity contribution < 1.29 is 21.5 Å². The summed E-state index contributed by atoms with van der Waals surface area (Å²) in [4.78, 5) is 0. The van der Waals surface area contributed by atoms with Gasteiger partial charge in [0.1, 0.15) is 12.6 Å². The van der Waals surface area contributed by atoms with Crippen LogP contribution in [0.15, 0.2) is 78.9 Å². The Labute approximate surface area is 154 Å². The number of rotatable bonds is 3. The summed E-state index contributed by atoms with van der Waals surface area (Å²) < 4.78 is 0.929. The summed E-state index contributed by atoms with van der Waals surface area (Å²) in [5.74, 6) is 0. The van der Waals surface area contributed by atoms with E-state index >= 15 is 0 Å². The first-order valence-electron chi connectivity index (χ1n) is 8.22. The van der Waals surface area contributed by atoms with Crippen LogP contribution in [0.4, 0.5) is 0 Å². The van der Waals surface area contributed by atoms with Crippen LogP contribution in [0, 0.1) is 0 Å². The first kappa shape index (κ1) is 16.9. The third-order valence-electron chi connectivity index (χ3n) is 4.93. The van der Waals surface area contributed by atoms with E-state index in [0.717, 1.165) is 11.0 Å². The fourth-order valence-corrected chi connectivity index (χ4v) is 4.03. The monoisotopic (exact) mass is 379 g/mol. The van der Waals surface area contributed by atoms with Gasteiger partial charge in [0.2, 0.25) is 0 Å². The molecule has 0 saturated heterocycles. The molecule has 0 N–H and O–H groups in total. The maximum atomic E-state index is 2.34. The molecule has 0 amide bonds. The number of fused-ring (bicyclic) bond motifs is 3. The van der Waals surface area contributed by atoms with Crippen LogP contribution >= 0.6 is 0 Å². The number of benzene rings is 3. The van der Waals surface area contributed by atoms with Crippen LogP contribution in [0.3, 0.4) is 0 Å². The third-order valence-corrected chi connectivity index (χ3v) is 4.93. The highest BCUT2D eigenvalue weighted by atomic mass is 79.9. The minimum absolute atomic E-state index is 0. The Kier molecular flexibility index (Phi) is 4.62.